The lowest BCUT2D eigenvalue weighted by molar-refractivity contribution is 0.159. The Morgan fingerprint density at radius 2 is 1.12 bits per heavy atom. The molecule has 0 N–H and O–H groups in total. The van der Waals surface area contributed by atoms with E-state index in [0.29, 0.717) is 6.61 Å². The van der Waals surface area contributed by atoms with E-state index in [1.165, 1.54) is 5.39 Å². The fourth-order valence-electron chi connectivity index (χ4n) is 5.73. The standard InChI is InChI=1S/C36H29BO3/c1-2-38-32-20-19-29-21-31(18-17-30(29)22-32)33-23-27-15-9-10-16-28(27)24-34(33)37-39-35(25-11-5-3-6-12-25)36(40-37)26-13-7-4-8-14-26/h3-24,35-36H,2H2,1H3/t35-,36-/m1/s1. The molecule has 6 aromatic carbocycles. The van der Waals surface area contributed by atoms with Gasteiger partial charge >= 0.3 is 7.12 Å². The van der Waals surface area contributed by atoms with Gasteiger partial charge in [0, 0.05) is 0 Å². The maximum absolute atomic E-state index is 6.80. The summed E-state index contributed by atoms with van der Waals surface area (Å²) in [6.07, 6.45) is -0.442. The van der Waals surface area contributed by atoms with Crippen LogP contribution in [0.25, 0.3) is 32.7 Å². The van der Waals surface area contributed by atoms with Crippen molar-refractivity contribution in [3.8, 4) is 16.9 Å². The molecular weight excluding hydrogens is 491 g/mol. The summed E-state index contributed by atoms with van der Waals surface area (Å²) in [7, 11) is -0.522. The van der Waals surface area contributed by atoms with Crippen molar-refractivity contribution in [2.75, 3.05) is 6.61 Å². The van der Waals surface area contributed by atoms with E-state index < -0.39 is 7.12 Å². The molecule has 0 radical (unpaired) electrons. The average Bonchev–Trinajstić information content (AvgIpc) is 3.47. The van der Waals surface area contributed by atoms with E-state index in [9.17, 15) is 0 Å². The molecule has 1 fully saturated rings. The van der Waals surface area contributed by atoms with Gasteiger partial charge in [0.05, 0.1) is 18.8 Å². The topological polar surface area (TPSA) is 27.7 Å². The van der Waals surface area contributed by atoms with Crippen LogP contribution in [0.2, 0.25) is 0 Å². The Morgan fingerprint density at radius 3 is 1.77 bits per heavy atom. The van der Waals surface area contributed by atoms with E-state index in [0.717, 1.165) is 49.6 Å². The molecule has 3 nitrogen and oxygen atoms in total. The SMILES string of the molecule is CCOc1ccc2cc(-c3cc4ccccc4cc3B3O[C@H](c4ccccc4)[C@@H](c4ccccc4)O3)ccc2c1. The molecule has 6 aromatic rings. The largest absolute Gasteiger partial charge is 0.495 e. The molecule has 0 spiro atoms. The van der Waals surface area contributed by atoms with Gasteiger partial charge in [-0.15, -0.1) is 0 Å². The van der Waals surface area contributed by atoms with Crippen molar-refractivity contribution in [1.29, 1.82) is 0 Å². The summed E-state index contributed by atoms with van der Waals surface area (Å²) < 4.78 is 19.3. The van der Waals surface area contributed by atoms with E-state index in [-0.39, 0.29) is 12.2 Å². The molecule has 0 aromatic heterocycles. The highest BCUT2D eigenvalue weighted by atomic mass is 16.7. The van der Waals surface area contributed by atoms with Crippen molar-refractivity contribution in [3.63, 3.8) is 0 Å². The second kappa shape index (κ2) is 10.7. The summed E-state index contributed by atoms with van der Waals surface area (Å²) in [5, 5.41) is 4.66. The van der Waals surface area contributed by atoms with Gasteiger partial charge in [-0.3, -0.25) is 0 Å². The molecule has 0 aliphatic carbocycles. The fourth-order valence-corrected chi connectivity index (χ4v) is 5.73. The van der Waals surface area contributed by atoms with Crippen molar-refractivity contribution in [2.24, 2.45) is 0 Å². The van der Waals surface area contributed by atoms with Crippen LogP contribution in [-0.4, -0.2) is 13.7 Å². The first kappa shape index (κ1) is 24.7. The van der Waals surface area contributed by atoms with Crippen LogP contribution in [0, 0.1) is 0 Å². The smallest absolute Gasteiger partial charge is 0.494 e. The van der Waals surface area contributed by atoms with E-state index >= 15 is 0 Å². The Bertz CT molecular complexity index is 1740. The highest BCUT2D eigenvalue weighted by Gasteiger charge is 2.43. The Labute approximate surface area is 235 Å². The quantitative estimate of drug-likeness (QED) is 0.207. The van der Waals surface area contributed by atoms with Gasteiger partial charge in [-0.1, -0.05) is 109 Å². The highest BCUT2D eigenvalue weighted by Crippen LogP contribution is 2.42. The van der Waals surface area contributed by atoms with Gasteiger partial charge < -0.3 is 14.0 Å². The summed E-state index contributed by atoms with van der Waals surface area (Å²) in [5.74, 6) is 0.890. The Kier molecular flexibility index (Phi) is 6.56. The van der Waals surface area contributed by atoms with Crippen molar-refractivity contribution in [2.45, 2.75) is 19.1 Å². The van der Waals surface area contributed by atoms with E-state index in [4.69, 9.17) is 14.0 Å². The number of fused-ring (bicyclic) bond motifs is 2. The van der Waals surface area contributed by atoms with Crippen LogP contribution in [0.1, 0.15) is 30.3 Å². The number of rotatable bonds is 6. The molecule has 0 bridgehead atoms. The lowest BCUT2D eigenvalue weighted by Gasteiger charge is -2.19. The van der Waals surface area contributed by atoms with Crippen molar-refractivity contribution in [1.82, 2.24) is 0 Å². The molecule has 1 saturated heterocycles. The summed E-state index contributed by atoms with van der Waals surface area (Å²) in [6.45, 7) is 2.66. The minimum Gasteiger partial charge on any atom is -0.494 e. The van der Waals surface area contributed by atoms with Crippen molar-refractivity contribution >= 4 is 34.1 Å². The molecule has 0 saturated carbocycles. The predicted molar refractivity (Wildman–Crippen MR) is 164 cm³/mol. The maximum atomic E-state index is 6.80. The van der Waals surface area contributed by atoms with Gasteiger partial charge in [0.25, 0.3) is 0 Å². The first-order chi connectivity index (χ1) is 19.8. The normalized spacial score (nSPS) is 17.0. The minimum absolute atomic E-state index is 0.221. The van der Waals surface area contributed by atoms with Gasteiger partial charge in [-0.25, -0.2) is 0 Å². The van der Waals surface area contributed by atoms with E-state index in [2.05, 4.69) is 115 Å². The zero-order chi connectivity index (χ0) is 26.9. The number of benzene rings is 6. The third-order valence-electron chi connectivity index (χ3n) is 7.68. The molecule has 1 heterocycles. The molecule has 1 aliphatic rings. The van der Waals surface area contributed by atoms with E-state index in [1.807, 2.05) is 25.1 Å². The van der Waals surface area contributed by atoms with Gasteiger partial charge in [-0.2, -0.15) is 0 Å². The van der Waals surface area contributed by atoms with Crippen LogP contribution < -0.4 is 10.2 Å². The number of ether oxygens (including phenoxy) is 1. The molecule has 4 heteroatoms. The Hall–Kier alpha value is -4.38. The Balaban J connectivity index is 1.35. The van der Waals surface area contributed by atoms with Gasteiger partial charge in [-0.05, 0) is 80.5 Å². The Morgan fingerprint density at radius 1 is 0.575 bits per heavy atom. The highest BCUT2D eigenvalue weighted by molar-refractivity contribution is 6.64. The zero-order valence-electron chi connectivity index (χ0n) is 22.4. The van der Waals surface area contributed by atoms with Crippen LogP contribution in [-0.2, 0) is 9.31 Å². The minimum atomic E-state index is -0.522. The molecule has 2 atom stereocenters. The maximum Gasteiger partial charge on any atom is 0.495 e. The summed E-state index contributed by atoms with van der Waals surface area (Å²) >= 11 is 0. The predicted octanol–water partition coefficient (Wildman–Crippen LogP) is 8.28. The lowest BCUT2D eigenvalue weighted by atomic mass is 9.73. The third kappa shape index (κ3) is 4.66. The zero-order valence-corrected chi connectivity index (χ0v) is 22.4. The third-order valence-corrected chi connectivity index (χ3v) is 7.68. The molecule has 7 rings (SSSR count). The second-order valence-corrected chi connectivity index (χ2v) is 10.2. The van der Waals surface area contributed by atoms with Crippen molar-refractivity contribution in [3.05, 3.63) is 145 Å². The lowest BCUT2D eigenvalue weighted by Crippen LogP contribution is -2.33. The summed E-state index contributed by atoms with van der Waals surface area (Å²) in [4.78, 5) is 0. The molecule has 194 valence electrons. The van der Waals surface area contributed by atoms with Crippen LogP contribution in [0.15, 0.2) is 133 Å². The summed E-state index contributed by atoms with van der Waals surface area (Å²) in [6, 6.07) is 46.6. The fraction of sp³-hybridized carbons (Fsp3) is 0.111. The van der Waals surface area contributed by atoms with Crippen LogP contribution in [0.4, 0.5) is 0 Å². The van der Waals surface area contributed by atoms with Gasteiger partial charge in [0.2, 0.25) is 0 Å². The van der Waals surface area contributed by atoms with Crippen molar-refractivity contribution < 1.29 is 14.0 Å². The van der Waals surface area contributed by atoms with Crippen LogP contribution in [0.5, 0.6) is 5.75 Å². The molecule has 1 aliphatic heterocycles. The molecular formula is C36H29BO3. The molecule has 40 heavy (non-hydrogen) atoms. The van der Waals surface area contributed by atoms with Crippen LogP contribution in [0.3, 0.4) is 0 Å². The number of hydrogen-bond donors (Lipinski definition) is 0. The first-order valence-corrected chi connectivity index (χ1v) is 13.9. The molecule has 0 unspecified atom stereocenters. The molecule has 0 amide bonds. The second-order valence-electron chi connectivity index (χ2n) is 10.2. The first-order valence-electron chi connectivity index (χ1n) is 13.9. The van der Waals surface area contributed by atoms with E-state index in [1.54, 1.807) is 0 Å². The van der Waals surface area contributed by atoms with Gasteiger partial charge in [0.1, 0.15) is 5.75 Å². The van der Waals surface area contributed by atoms with Gasteiger partial charge in [0.15, 0.2) is 0 Å². The average molecular weight is 520 g/mol. The summed E-state index contributed by atoms with van der Waals surface area (Å²) in [5.41, 5.74) is 5.49. The number of hydrogen-bond acceptors (Lipinski definition) is 3. The van der Waals surface area contributed by atoms with Crippen LogP contribution >= 0.6 is 0 Å². The monoisotopic (exact) mass is 520 g/mol.